The summed E-state index contributed by atoms with van der Waals surface area (Å²) in [4.78, 5) is 0. The highest BCUT2D eigenvalue weighted by Gasteiger charge is 1.94. The Kier molecular flexibility index (Phi) is 2.64. The minimum atomic E-state index is -2.57. The van der Waals surface area contributed by atoms with Crippen LogP contribution in [0.3, 0.4) is 0 Å². The van der Waals surface area contributed by atoms with E-state index in [9.17, 15) is 8.78 Å². The molecule has 0 saturated heterocycles. The summed E-state index contributed by atoms with van der Waals surface area (Å²) < 4.78 is 23.7. The van der Waals surface area contributed by atoms with Gasteiger partial charge in [0.05, 0.1) is 0 Å². The van der Waals surface area contributed by atoms with Crippen LogP contribution in [0.5, 0.6) is 0 Å². The molecule has 74 valence electrons. The Morgan fingerprint density at radius 2 is 1.67 bits per heavy atom. The zero-order chi connectivity index (χ0) is 10.7. The smallest absolute Gasteiger partial charge is 0.196 e. The van der Waals surface area contributed by atoms with Crippen LogP contribution in [0.4, 0.5) is 8.78 Å². The molecule has 0 saturated carbocycles. The number of halogens is 2. The van der Waals surface area contributed by atoms with Crippen LogP contribution in [0.25, 0.3) is 10.8 Å². The summed E-state index contributed by atoms with van der Waals surface area (Å²) in [6, 6.07) is 13.2. The molecule has 0 amide bonds. The van der Waals surface area contributed by atoms with E-state index in [1.54, 1.807) is 6.07 Å². The third kappa shape index (κ3) is 2.32. The van der Waals surface area contributed by atoms with E-state index in [0.717, 1.165) is 10.8 Å². The molecular formula is C13H8F2. The van der Waals surface area contributed by atoms with Crippen molar-refractivity contribution in [1.29, 1.82) is 0 Å². The second-order valence-corrected chi connectivity index (χ2v) is 3.13. The Balaban J connectivity index is 2.44. The van der Waals surface area contributed by atoms with Gasteiger partial charge in [0.2, 0.25) is 0 Å². The standard InChI is InChI=1S/C13H8F2/c14-13(15)8-6-10-5-7-11-3-1-2-4-12(11)9-10/h1-5,7,9,13H. The number of fused-ring (bicyclic) bond motifs is 1. The van der Waals surface area contributed by atoms with Gasteiger partial charge in [0.25, 0.3) is 6.43 Å². The highest BCUT2D eigenvalue weighted by molar-refractivity contribution is 5.83. The average molecular weight is 202 g/mol. The van der Waals surface area contributed by atoms with Crippen molar-refractivity contribution in [2.45, 2.75) is 6.43 Å². The predicted molar refractivity (Wildman–Crippen MR) is 56.8 cm³/mol. The summed E-state index contributed by atoms with van der Waals surface area (Å²) in [6.07, 6.45) is -2.57. The van der Waals surface area contributed by atoms with Crippen LogP contribution < -0.4 is 0 Å². The van der Waals surface area contributed by atoms with Crippen LogP contribution >= 0.6 is 0 Å². The van der Waals surface area contributed by atoms with Crippen LogP contribution in [0.1, 0.15) is 5.56 Å². The van der Waals surface area contributed by atoms with E-state index in [-0.39, 0.29) is 0 Å². The van der Waals surface area contributed by atoms with Crippen LogP contribution in [0.2, 0.25) is 0 Å². The van der Waals surface area contributed by atoms with Crippen molar-refractivity contribution in [3.05, 3.63) is 48.0 Å². The highest BCUT2D eigenvalue weighted by Crippen LogP contribution is 2.14. The molecule has 0 bridgehead atoms. The number of benzene rings is 2. The number of hydrogen-bond acceptors (Lipinski definition) is 0. The maximum Gasteiger partial charge on any atom is 0.299 e. The molecule has 0 nitrogen and oxygen atoms in total. The molecule has 0 aliphatic carbocycles. The Hall–Kier alpha value is -1.88. The zero-order valence-corrected chi connectivity index (χ0v) is 7.87. The largest absolute Gasteiger partial charge is 0.299 e. The summed E-state index contributed by atoms with van der Waals surface area (Å²) in [5.41, 5.74) is 0.619. The SMILES string of the molecule is FC(F)C#Cc1ccc2ccccc2c1. The Morgan fingerprint density at radius 3 is 2.40 bits per heavy atom. The van der Waals surface area contributed by atoms with E-state index < -0.39 is 6.43 Å². The monoisotopic (exact) mass is 202 g/mol. The molecule has 0 aliphatic rings. The van der Waals surface area contributed by atoms with E-state index >= 15 is 0 Å². The second kappa shape index (κ2) is 4.10. The highest BCUT2D eigenvalue weighted by atomic mass is 19.3. The molecule has 0 N–H and O–H groups in total. The van der Waals surface area contributed by atoms with Gasteiger partial charge >= 0.3 is 0 Å². The minimum Gasteiger partial charge on any atom is -0.196 e. The van der Waals surface area contributed by atoms with Crippen molar-refractivity contribution in [1.82, 2.24) is 0 Å². The third-order valence-corrected chi connectivity index (χ3v) is 2.08. The second-order valence-electron chi connectivity index (χ2n) is 3.13. The lowest BCUT2D eigenvalue weighted by atomic mass is 10.1. The molecule has 0 radical (unpaired) electrons. The fourth-order valence-corrected chi connectivity index (χ4v) is 1.40. The lowest BCUT2D eigenvalue weighted by Gasteiger charge is -1.97. The van der Waals surface area contributed by atoms with E-state index in [2.05, 4.69) is 5.92 Å². The first-order chi connectivity index (χ1) is 7.25. The normalized spacial score (nSPS) is 10.1. The van der Waals surface area contributed by atoms with Gasteiger partial charge in [0, 0.05) is 5.56 Å². The molecule has 2 rings (SSSR count). The Labute approximate surface area is 86.5 Å². The van der Waals surface area contributed by atoms with Crippen molar-refractivity contribution in [3.63, 3.8) is 0 Å². The molecule has 2 aromatic carbocycles. The number of alkyl halides is 2. The molecule has 0 spiro atoms. The van der Waals surface area contributed by atoms with E-state index in [4.69, 9.17) is 0 Å². The van der Waals surface area contributed by atoms with Crippen LogP contribution in [0, 0.1) is 11.8 Å². The first-order valence-corrected chi connectivity index (χ1v) is 4.54. The maximum absolute atomic E-state index is 11.9. The summed E-state index contributed by atoms with van der Waals surface area (Å²) in [5.74, 6) is 4.28. The van der Waals surface area contributed by atoms with Gasteiger partial charge in [0.1, 0.15) is 0 Å². The van der Waals surface area contributed by atoms with Crippen molar-refractivity contribution in [2.75, 3.05) is 0 Å². The first kappa shape index (κ1) is 9.67. The summed E-state index contributed by atoms with van der Waals surface area (Å²) in [5, 5.41) is 2.10. The number of hydrogen-bond donors (Lipinski definition) is 0. The maximum atomic E-state index is 11.9. The average Bonchev–Trinajstić information content (AvgIpc) is 2.26. The van der Waals surface area contributed by atoms with E-state index in [1.807, 2.05) is 42.3 Å². The summed E-state index contributed by atoms with van der Waals surface area (Å²) >= 11 is 0. The lowest BCUT2D eigenvalue weighted by molar-refractivity contribution is 0.215. The molecule has 0 heterocycles. The quantitative estimate of drug-likeness (QED) is 0.574. The fourth-order valence-electron chi connectivity index (χ4n) is 1.40. The van der Waals surface area contributed by atoms with Gasteiger partial charge in [-0.15, -0.1) is 0 Å². The summed E-state index contributed by atoms with van der Waals surface area (Å²) in [7, 11) is 0. The van der Waals surface area contributed by atoms with Crippen LogP contribution in [-0.2, 0) is 0 Å². The lowest BCUT2D eigenvalue weighted by Crippen LogP contribution is -1.82. The zero-order valence-electron chi connectivity index (χ0n) is 7.87. The molecule has 15 heavy (non-hydrogen) atoms. The Morgan fingerprint density at radius 1 is 0.933 bits per heavy atom. The van der Waals surface area contributed by atoms with Gasteiger partial charge in [-0.2, -0.15) is 8.78 Å². The van der Waals surface area contributed by atoms with E-state index in [0.29, 0.717) is 5.56 Å². The predicted octanol–water partition coefficient (Wildman–Crippen LogP) is 3.46. The number of rotatable bonds is 0. The Bertz CT molecular complexity index is 533. The van der Waals surface area contributed by atoms with Crippen molar-refractivity contribution < 1.29 is 8.78 Å². The molecular weight excluding hydrogens is 194 g/mol. The summed E-state index contributed by atoms with van der Waals surface area (Å²) in [6.45, 7) is 0. The van der Waals surface area contributed by atoms with Crippen LogP contribution in [-0.4, -0.2) is 6.43 Å². The van der Waals surface area contributed by atoms with Crippen LogP contribution in [0.15, 0.2) is 42.5 Å². The van der Waals surface area contributed by atoms with Gasteiger partial charge in [-0.1, -0.05) is 36.3 Å². The van der Waals surface area contributed by atoms with Gasteiger partial charge in [-0.05, 0) is 28.8 Å². The molecule has 0 aromatic heterocycles. The molecule has 0 aliphatic heterocycles. The molecule has 0 unspecified atom stereocenters. The van der Waals surface area contributed by atoms with Crippen molar-refractivity contribution in [3.8, 4) is 11.8 Å². The molecule has 0 fully saturated rings. The molecule has 0 atom stereocenters. The molecule has 2 aromatic rings. The van der Waals surface area contributed by atoms with Gasteiger partial charge in [-0.25, -0.2) is 0 Å². The minimum absolute atomic E-state index is 0.619. The third-order valence-electron chi connectivity index (χ3n) is 2.08. The topological polar surface area (TPSA) is 0 Å². The first-order valence-electron chi connectivity index (χ1n) is 4.54. The van der Waals surface area contributed by atoms with Crippen molar-refractivity contribution in [2.24, 2.45) is 0 Å². The van der Waals surface area contributed by atoms with Gasteiger partial charge in [0.15, 0.2) is 0 Å². The van der Waals surface area contributed by atoms with Crippen molar-refractivity contribution >= 4 is 10.8 Å². The van der Waals surface area contributed by atoms with Gasteiger partial charge in [-0.3, -0.25) is 0 Å². The van der Waals surface area contributed by atoms with E-state index in [1.165, 1.54) is 0 Å². The fraction of sp³-hybridized carbons (Fsp3) is 0.0769. The molecule has 2 heteroatoms. The van der Waals surface area contributed by atoms with Gasteiger partial charge < -0.3 is 0 Å².